The Balaban J connectivity index is 2.10. The van der Waals surface area contributed by atoms with Crippen LogP contribution in [0.3, 0.4) is 0 Å². The molecule has 0 bridgehead atoms. The van der Waals surface area contributed by atoms with Gasteiger partial charge in [-0.25, -0.2) is 4.39 Å². The molecule has 2 rings (SSSR count). The molecule has 1 saturated heterocycles. The number of nitrogens with two attached hydrogens (primary N) is 1. The van der Waals surface area contributed by atoms with Crippen LogP contribution in [0.4, 0.5) is 4.39 Å². The van der Waals surface area contributed by atoms with Crippen LogP contribution in [-0.2, 0) is 0 Å². The standard InChI is InChI=1S/C16H25FN2O/c1-11-8-16(14(12(2)18)9-15(11)17)20-10-13-6-4-5-7-19(13)3/h8-9,12-13H,4-7,10,18H2,1-3H3/t12-,13?/m1/s1. The molecule has 0 aromatic heterocycles. The molecule has 1 aliphatic rings. The Hall–Kier alpha value is -1.13. The first-order valence-corrected chi connectivity index (χ1v) is 7.37. The third-order valence-electron chi connectivity index (χ3n) is 4.13. The molecule has 1 aliphatic heterocycles. The summed E-state index contributed by atoms with van der Waals surface area (Å²) in [5.74, 6) is 0.498. The first-order chi connectivity index (χ1) is 9.49. The Kier molecular flexibility index (Phi) is 5.00. The molecule has 20 heavy (non-hydrogen) atoms. The van der Waals surface area contributed by atoms with Crippen LogP contribution >= 0.6 is 0 Å². The molecular formula is C16H25FN2O. The second kappa shape index (κ2) is 6.55. The number of hydrogen-bond donors (Lipinski definition) is 1. The highest BCUT2D eigenvalue weighted by atomic mass is 19.1. The zero-order valence-corrected chi connectivity index (χ0v) is 12.7. The summed E-state index contributed by atoms with van der Waals surface area (Å²) in [5, 5.41) is 0. The average molecular weight is 280 g/mol. The molecule has 1 unspecified atom stereocenters. The Morgan fingerprint density at radius 2 is 2.20 bits per heavy atom. The number of nitrogens with zero attached hydrogens (tertiary/aromatic N) is 1. The van der Waals surface area contributed by atoms with Gasteiger partial charge in [0, 0.05) is 17.6 Å². The summed E-state index contributed by atoms with van der Waals surface area (Å²) < 4.78 is 19.6. The van der Waals surface area contributed by atoms with E-state index in [-0.39, 0.29) is 11.9 Å². The van der Waals surface area contributed by atoms with Crippen LogP contribution < -0.4 is 10.5 Å². The highest BCUT2D eigenvalue weighted by Crippen LogP contribution is 2.28. The number of halogens is 1. The van der Waals surface area contributed by atoms with Crippen molar-refractivity contribution in [2.45, 2.75) is 45.2 Å². The Bertz CT molecular complexity index is 462. The Morgan fingerprint density at radius 3 is 2.85 bits per heavy atom. The van der Waals surface area contributed by atoms with Gasteiger partial charge in [-0.3, -0.25) is 0 Å². The molecule has 2 atom stereocenters. The Labute approximate surface area is 120 Å². The van der Waals surface area contributed by atoms with Crippen LogP contribution in [0, 0.1) is 12.7 Å². The Morgan fingerprint density at radius 1 is 1.45 bits per heavy atom. The summed E-state index contributed by atoms with van der Waals surface area (Å²) in [5.41, 5.74) is 7.25. The van der Waals surface area contributed by atoms with Gasteiger partial charge >= 0.3 is 0 Å². The number of hydrogen-bond acceptors (Lipinski definition) is 3. The van der Waals surface area contributed by atoms with E-state index in [0.29, 0.717) is 18.2 Å². The largest absolute Gasteiger partial charge is 0.492 e. The second-order valence-corrected chi connectivity index (χ2v) is 5.87. The van der Waals surface area contributed by atoms with Gasteiger partial charge in [0.2, 0.25) is 0 Å². The molecule has 0 aliphatic carbocycles. The molecule has 1 heterocycles. The van der Waals surface area contributed by atoms with E-state index in [2.05, 4.69) is 11.9 Å². The molecular weight excluding hydrogens is 255 g/mol. The van der Waals surface area contributed by atoms with Gasteiger partial charge in [0.1, 0.15) is 18.2 Å². The molecule has 1 fully saturated rings. The van der Waals surface area contributed by atoms with E-state index >= 15 is 0 Å². The number of likely N-dealkylation sites (tertiary alicyclic amines) is 1. The molecule has 1 aromatic rings. The van der Waals surface area contributed by atoms with Crippen molar-refractivity contribution in [3.8, 4) is 5.75 Å². The van der Waals surface area contributed by atoms with Crippen molar-refractivity contribution in [2.75, 3.05) is 20.2 Å². The van der Waals surface area contributed by atoms with Gasteiger partial charge in [0.05, 0.1) is 0 Å². The quantitative estimate of drug-likeness (QED) is 0.921. The van der Waals surface area contributed by atoms with Crippen molar-refractivity contribution in [1.82, 2.24) is 4.90 Å². The highest BCUT2D eigenvalue weighted by Gasteiger charge is 2.20. The van der Waals surface area contributed by atoms with Gasteiger partial charge < -0.3 is 15.4 Å². The molecule has 3 nitrogen and oxygen atoms in total. The third kappa shape index (κ3) is 3.49. The fraction of sp³-hybridized carbons (Fsp3) is 0.625. The van der Waals surface area contributed by atoms with Crippen molar-refractivity contribution in [2.24, 2.45) is 5.73 Å². The molecule has 1 aromatic carbocycles. The van der Waals surface area contributed by atoms with E-state index in [1.165, 1.54) is 18.9 Å². The monoisotopic (exact) mass is 280 g/mol. The summed E-state index contributed by atoms with van der Waals surface area (Å²) in [7, 11) is 2.13. The number of piperidine rings is 1. The van der Waals surface area contributed by atoms with Crippen molar-refractivity contribution in [3.05, 3.63) is 29.1 Å². The summed E-state index contributed by atoms with van der Waals surface area (Å²) >= 11 is 0. The molecule has 2 N–H and O–H groups in total. The lowest BCUT2D eigenvalue weighted by molar-refractivity contribution is 0.124. The smallest absolute Gasteiger partial charge is 0.126 e. The lowest BCUT2D eigenvalue weighted by Gasteiger charge is -2.32. The number of aryl methyl sites for hydroxylation is 1. The van der Waals surface area contributed by atoms with E-state index in [1.807, 2.05) is 6.92 Å². The lowest BCUT2D eigenvalue weighted by atomic mass is 10.0. The summed E-state index contributed by atoms with van der Waals surface area (Å²) in [4.78, 5) is 2.34. The summed E-state index contributed by atoms with van der Waals surface area (Å²) in [6, 6.07) is 3.47. The van der Waals surface area contributed by atoms with Gasteiger partial charge in [-0.1, -0.05) is 6.42 Å². The van der Waals surface area contributed by atoms with Crippen LogP contribution in [0.25, 0.3) is 0 Å². The maximum atomic E-state index is 13.7. The van der Waals surface area contributed by atoms with Gasteiger partial charge in [0.15, 0.2) is 0 Å². The first kappa shape index (κ1) is 15.3. The van der Waals surface area contributed by atoms with Crippen molar-refractivity contribution < 1.29 is 9.13 Å². The molecule has 0 amide bonds. The zero-order chi connectivity index (χ0) is 14.7. The van der Waals surface area contributed by atoms with Crippen molar-refractivity contribution in [1.29, 1.82) is 0 Å². The van der Waals surface area contributed by atoms with Crippen LogP contribution in [-0.4, -0.2) is 31.1 Å². The van der Waals surface area contributed by atoms with Gasteiger partial charge in [-0.2, -0.15) is 0 Å². The summed E-state index contributed by atoms with van der Waals surface area (Å²) in [6.45, 7) is 5.36. The van der Waals surface area contributed by atoms with Gasteiger partial charge in [0.25, 0.3) is 0 Å². The lowest BCUT2D eigenvalue weighted by Crippen LogP contribution is -2.40. The second-order valence-electron chi connectivity index (χ2n) is 5.87. The van der Waals surface area contributed by atoms with E-state index in [1.54, 1.807) is 13.0 Å². The topological polar surface area (TPSA) is 38.5 Å². The van der Waals surface area contributed by atoms with E-state index < -0.39 is 0 Å². The SMILES string of the molecule is Cc1cc(OCC2CCCCN2C)c([C@@H](C)N)cc1F. The number of rotatable bonds is 4. The number of likely N-dealkylation sites (N-methyl/N-ethyl adjacent to an activating group) is 1. The van der Waals surface area contributed by atoms with E-state index in [9.17, 15) is 4.39 Å². The van der Waals surface area contributed by atoms with Crippen LogP contribution in [0.5, 0.6) is 5.75 Å². The summed E-state index contributed by atoms with van der Waals surface area (Å²) in [6.07, 6.45) is 3.67. The van der Waals surface area contributed by atoms with Crippen molar-refractivity contribution in [3.63, 3.8) is 0 Å². The first-order valence-electron chi connectivity index (χ1n) is 7.37. The van der Waals surface area contributed by atoms with Crippen LogP contribution in [0.1, 0.15) is 43.4 Å². The fourth-order valence-corrected chi connectivity index (χ4v) is 2.69. The molecule has 4 heteroatoms. The average Bonchev–Trinajstić information content (AvgIpc) is 2.41. The van der Waals surface area contributed by atoms with Crippen molar-refractivity contribution >= 4 is 0 Å². The molecule has 0 spiro atoms. The predicted octanol–water partition coefficient (Wildman–Crippen LogP) is 3.02. The van der Waals surface area contributed by atoms with Crippen LogP contribution in [0.15, 0.2) is 12.1 Å². The maximum Gasteiger partial charge on any atom is 0.126 e. The van der Waals surface area contributed by atoms with Crippen LogP contribution in [0.2, 0.25) is 0 Å². The minimum absolute atomic E-state index is 0.223. The minimum Gasteiger partial charge on any atom is -0.492 e. The number of benzene rings is 1. The predicted molar refractivity (Wildman–Crippen MR) is 79.5 cm³/mol. The molecule has 0 saturated carbocycles. The van der Waals surface area contributed by atoms with E-state index in [0.717, 1.165) is 24.3 Å². The highest BCUT2D eigenvalue weighted by molar-refractivity contribution is 5.39. The maximum absolute atomic E-state index is 13.7. The van der Waals surface area contributed by atoms with Gasteiger partial charge in [-0.15, -0.1) is 0 Å². The van der Waals surface area contributed by atoms with E-state index in [4.69, 9.17) is 10.5 Å². The normalized spacial score (nSPS) is 21.8. The fourth-order valence-electron chi connectivity index (χ4n) is 2.69. The third-order valence-corrected chi connectivity index (χ3v) is 4.13. The molecule has 0 radical (unpaired) electrons. The minimum atomic E-state index is -0.232. The number of ether oxygens (including phenoxy) is 1. The van der Waals surface area contributed by atoms with Gasteiger partial charge in [-0.05, 0) is 58.0 Å². The molecule has 112 valence electrons. The zero-order valence-electron chi connectivity index (χ0n) is 12.7.